The fourth-order valence-electron chi connectivity index (χ4n) is 1.70. The molecule has 0 aliphatic rings. The molecule has 0 radical (unpaired) electrons. The van der Waals surface area contributed by atoms with Crippen LogP contribution in [-0.2, 0) is 13.2 Å². The molecular weight excluding hydrogens is 316 g/mol. The van der Waals surface area contributed by atoms with Crippen LogP contribution >= 0.6 is 15.9 Å². The molecule has 0 saturated heterocycles. The lowest BCUT2D eigenvalue weighted by atomic mass is 10.1. The van der Waals surface area contributed by atoms with E-state index in [1.165, 1.54) is 24.3 Å². The number of rotatable bonds is 4. The summed E-state index contributed by atoms with van der Waals surface area (Å²) < 4.78 is 32.5. The van der Waals surface area contributed by atoms with Gasteiger partial charge in [-0.1, -0.05) is 22.0 Å². The first-order valence-electron chi connectivity index (χ1n) is 5.64. The predicted molar refractivity (Wildman–Crippen MR) is 72.7 cm³/mol. The highest BCUT2D eigenvalue weighted by Gasteiger charge is 2.03. The highest BCUT2D eigenvalue weighted by molar-refractivity contribution is 9.10. The minimum atomic E-state index is -0.397. The molecule has 0 heterocycles. The lowest BCUT2D eigenvalue weighted by Gasteiger charge is -2.08. The van der Waals surface area contributed by atoms with E-state index in [0.717, 1.165) is 0 Å². The highest BCUT2D eigenvalue weighted by atomic mass is 79.9. The standard InChI is InChI=1S/C14H12BrF2NO/c15-11-4-13(17)6-14(5-11)19-8-10-1-9(7-18)2-12(16)3-10/h1-6H,7-8,18H2. The largest absolute Gasteiger partial charge is 0.489 e. The summed E-state index contributed by atoms with van der Waals surface area (Å²) in [7, 11) is 0. The first kappa shape index (κ1) is 14.0. The minimum Gasteiger partial charge on any atom is -0.489 e. The van der Waals surface area contributed by atoms with Crippen LogP contribution in [0, 0.1) is 11.6 Å². The van der Waals surface area contributed by atoms with Gasteiger partial charge in [0.25, 0.3) is 0 Å². The third kappa shape index (κ3) is 4.01. The Hall–Kier alpha value is -1.46. The molecule has 2 aromatic rings. The van der Waals surface area contributed by atoms with Gasteiger partial charge in [-0.3, -0.25) is 0 Å². The van der Waals surface area contributed by atoms with Crippen molar-refractivity contribution in [3.8, 4) is 5.75 Å². The Labute approximate surface area is 118 Å². The molecule has 0 amide bonds. The molecule has 0 aliphatic carbocycles. The van der Waals surface area contributed by atoms with Gasteiger partial charge in [-0.05, 0) is 35.4 Å². The van der Waals surface area contributed by atoms with Gasteiger partial charge in [-0.25, -0.2) is 8.78 Å². The van der Waals surface area contributed by atoms with E-state index >= 15 is 0 Å². The molecule has 5 heteroatoms. The van der Waals surface area contributed by atoms with E-state index in [2.05, 4.69) is 15.9 Å². The molecule has 0 bridgehead atoms. The summed E-state index contributed by atoms with van der Waals surface area (Å²) in [5, 5.41) is 0. The van der Waals surface area contributed by atoms with Crippen molar-refractivity contribution >= 4 is 15.9 Å². The Morgan fingerprint density at radius 2 is 1.63 bits per heavy atom. The molecule has 100 valence electrons. The number of ether oxygens (including phenoxy) is 1. The molecule has 0 aliphatic heterocycles. The van der Waals surface area contributed by atoms with Crippen LogP contribution in [0.5, 0.6) is 5.75 Å². The van der Waals surface area contributed by atoms with Gasteiger partial charge in [0.05, 0.1) is 0 Å². The van der Waals surface area contributed by atoms with Crippen molar-refractivity contribution in [3.05, 3.63) is 63.6 Å². The van der Waals surface area contributed by atoms with E-state index in [-0.39, 0.29) is 19.0 Å². The second-order valence-electron chi connectivity index (χ2n) is 4.07. The fourth-order valence-corrected chi connectivity index (χ4v) is 2.14. The topological polar surface area (TPSA) is 35.2 Å². The van der Waals surface area contributed by atoms with Crippen LogP contribution in [0.3, 0.4) is 0 Å². The third-order valence-electron chi connectivity index (χ3n) is 2.49. The van der Waals surface area contributed by atoms with Crippen LogP contribution in [-0.4, -0.2) is 0 Å². The Kier molecular flexibility index (Phi) is 4.50. The maximum Gasteiger partial charge on any atom is 0.128 e. The van der Waals surface area contributed by atoms with E-state index in [1.807, 2.05) is 0 Å². The van der Waals surface area contributed by atoms with E-state index in [0.29, 0.717) is 21.3 Å². The number of benzene rings is 2. The van der Waals surface area contributed by atoms with Crippen LogP contribution in [0.1, 0.15) is 11.1 Å². The minimum absolute atomic E-state index is 0.153. The zero-order valence-electron chi connectivity index (χ0n) is 10.00. The Bertz CT molecular complexity index is 569. The summed E-state index contributed by atoms with van der Waals surface area (Å²) in [6.07, 6.45) is 0. The van der Waals surface area contributed by atoms with E-state index in [9.17, 15) is 8.78 Å². The van der Waals surface area contributed by atoms with Crippen molar-refractivity contribution < 1.29 is 13.5 Å². The molecule has 0 fully saturated rings. The molecule has 2 N–H and O–H groups in total. The maximum atomic E-state index is 13.3. The van der Waals surface area contributed by atoms with Crippen molar-refractivity contribution in [1.29, 1.82) is 0 Å². The molecule has 0 spiro atoms. The lowest BCUT2D eigenvalue weighted by molar-refractivity contribution is 0.303. The third-order valence-corrected chi connectivity index (χ3v) is 2.95. The summed E-state index contributed by atoms with van der Waals surface area (Å²) in [4.78, 5) is 0. The van der Waals surface area contributed by atoms with Gasteiger partial charge < -0.3 is 10.5 Å². The summed E-state index contributed by atoms with van der Waals surface area (Å²) >= 11 is 3.18. The van der Waals surface area contributed by atoms with E-state index in [1.54, 1.807) is 12.1 Å². The van der Waals surface area contributed by atoms with Gasteiger partial charge in [0.15, 0.2) is 0 Å². The number of halogens is 3. The van der Waals surface area contributed by atoms with Crippen LogP contribution in [0.4, 0.5) is 8.78 Å². The average Bonchev–Trinajstić information content (AvgIpc) is 2.34. The summed E-state index contributed by atoms with van der Waals surface area (Å²) in [6, 6.07) is 8.76. The summed E-state index contributed by atoms with van der Waals surface area (Å²) in [6.45, 7) is 0.414. The second kappa shape index (κ2) is 6.12. The molecule has 0 atom stereocenters. The zero-order valence-corrected chi connectivity index (χ0v) is 11.6. The Balaban J connectivity index is 2.11. The van der Waals surface area contributed by atoms with Crippen molar-refractivity contribution in [2.75, 3.05) is 0 Å². The molecule has 19 heavy (non-hydrogen) atoms. The van der Waals surface area contributed by atoms with Crippen molar-refractivity contribution in [2.45, 2.75) is 13.2 Å². The van der Waals surface area contributed by atoms with Crippen molar-refractivity contribution in [1.82, 2.24) is 0 Å². The zero-order chi connectivity index (χ0) is 13.8. The van der Waals surface area contributed by atoms with Crippen LogP contribution < -0.4 is 10.5 Å². The van der Waals surface area contributed by atoms with Gasteiger partial charge in [-0.15, -0.1) is 0 Å². The van der Waals surface area contributed by atoms with Crippen molar-refractivity contribution in [2.24, 2.45) is 5.73 Å². The van der Waals surface area contributed by atoms with Gasteiger partial charge >= 0.3 is 0 Å². The average molecular weight is 328 g/mol. The summed E-state index contributed by atoms with van der Waals surface area (Å²) in [5.74, 6) is -0.376. The molecule has 0 aromatic heterocycles. The predicted octanol–water partition coefficient (Wildman–Crippen LogP) is 3.77. The van der Waals surface area contributed by atoms with E-state index in [4.69, 9.17) is 10.5 Å². The molecule has 2 aromatic carbocycles. The number of hydrogen-bond donors (Lipinski definition) is 1. The molecular formula is C14H12BrF2NO. The molecule has 0 saturated carbocycles. The normalized spacial score (nSPS) is 10.5. The quantitative estimate of drug-likeness (QED) is 0.927. The van der Waals surface area contributed by atoms with Crippen molar-refractivity contribution in [3.63, 3.8) is 0 Å². The Morgan fingerprint density at radius 1 is 0.947 bits per heavy atom. The number of nitrogens with two attached hydrogens (primary N) is 1. The molecule has 2 rings (SSSR count). The van der Waals surface area contributed by atoms with Crippen LogP contribution in [0.15, 0.2) is 40.9 Å². The number of hydrogen-bond acceptors (Lipinski definition) is 2. The van der Waals surface area contributed by atoms with Gasteiger partial charge in [0.2, 0.25) is 0 Å². The van der Waals surface area contributed by atoms with Gasteiger partial charge in [0.1, 0.15) is 24.0 Å². The highest BCUT2D eigenvalue weighted by Crippen LogP contribution is 2.21. The van der Waals surface area contributed by atoms with Crippen LogP contribution in [0.2, 0.25) is 0 Å². The first-order chi connectivity index (χ1) is 9.06. The molecule has 0 unspecified atom stereocenters. The second-order valence-corrected chi connectivity index (χ2v) is 4.98. The SMILES string of the molecule is NCc1cc(F)cc(COc2cc(F)cc(Br)c2)c1. The smallest absolute Gasteiger partial charge is 0.128 e. The van der Waals surface area contributed by atoms with Gasteiger partial charge in [-0.2, -0.15) is 0 Å². The molecule has 2 nitrogen and oxygen atoms in total. The van der Waals surface area contributed by atoms with E-state index < -0.39 is 5.82 Å². The first-order valence-corrected chi connectivity index (χ1v) is 6.43. The summed E-state index contributed by atoms with van der Waals surface area (Å²) in [5.41, 5.74) is 6.82. The maximum absolute atomic E-state index is 13.3. The van der Waals surface area contributed by atoms with Crippen LogP contribution in [0.25, 0.3) is 0 Å². The fraction of sp³-hybridized carbons (Fsp3) is 0.143. The monoisotopic (exact) mass is 327 g/mol. The Morgan fingerprint density at radius 3 is 2.32 bits per heavy atom. The lowest BCUT2D eigenvalue weighted by Crippen LogP contribution is -2.01. The van der Waals surface area contributed by atoms with Gasteiger partial charge in [0, 0.05) is 17.1 Å².